The van der Waals surface area contributed by atoms with E-state index in [-0.39, 0.29) is 24.2 Å². The van der Waals surface area contributed by atoms with Crippen LogP contribution in [0, 0.1) is 33.6 Å². The SMILES string of the molecule is Cc1cc(C)cc(N2C(=O)C[C@H](Cn3nc(C)cc3C)C2=O)c1. The molecule has 3 rings (SSSR count). The van der Waals surface area contributed by atoms with Crippen molar-refractivity contribution in [1.29, 1.82) is 0 Å². The number of carbonyl (C=O) groups is 2. The van der Waals surface area contributed by atoms with Crippen LogP contribution in [0.1, 0.15) is 28.9 Å². The lowest BCUT2D eigenvalue weighted by atomic mass is 10.1. The van der Waals surface area contributed by atoms with Gasteiger partial charge < -0.3 is 0 Å². The molecule has 120 valence electrons. The second kappa shape index (κ2) is 5.65. The summed E-state index contributed by atoms with van der Waals surface area (Å²) in [5, 5.41) is 4.39. The van der Waals surface area contributed by atoms with Crippen LogP contribution in [0.2, 0.25) is 0 Å². The molecule has 0 radical (unpaired) electrons. The summed E-state index contributed by atoms with van der Waals surface area (Å²) < 4.78 is 1.82. The van der Waals surface area contributed by atoms with E-state index in [1.54, 1.807) is 0 Å². The van der Waals surface area contributed by atoms with Gasteiger partial charge in [0.25, 0.3) is 0 Å². The fourth-order valence-corrected chi connectivity index (χ4v) is 3.26. The maximum absolute atomic E-state index is 12.7. The maximum atomic E-state index is 12.7. The molecular formula is C18H21N3O2. The number of imide groups is 1. The van der Waals surface area contributed by atoms with Crippen molar-refractivity contribution in [2.75, 3.05) is 4.90 Å². The topological polar surface area (TPSA) is 55.2 Å². The summed E-state index contributed by atoms with van der Waals surface area (Å²) in [4.78, 5) is 26.4. The van der Waals surface area contributed by atoms with E-state index in [0.29, 0.717) is 12.2 Å². The van der Waals surface area contributed by atoms with Gasteiger partial charge in [-0.05, 0) is 57.0 Å². The molecule has 1 aromatic heterocycles. The molecule has 0 aliphatic carbocycles. The quantitative estimate of drug-likeness (QED) is 0.819. The van der Waals surface area contributed by atoms with E-state index < -0.39 is 0 Å². The molecule has 1 atom stereocenters. The van der Waals surface area contributed by atoms with E-state index in [1.807, 2.05) is 56.6 Å². The van der Waals surface area contributed by atoms with E-state index in [9.17, 15) is 9.59 Å². The third-order valence-electron chi connectivity index (χ3n) is 4.20. The Labute approximate surface area is 135 Å². The van der Waals surface area contributed by atoms with E-state index in [2.05, 4.69) is 5.10 Å². The highest BCUT2D eigenvalue weighted by atomic mass is 16.2. The van der Waals surface area contributed by atoms with Crippen LogP contribution >= 0.6 is 0 Å². The lowest BCUT2D eigenvalue weighted by molar-refractivity contribution is -0.122. The average molecular weight is 311 g/mol. The summed E-state index contributed by atoms with van der Waals surface area (Å²) in [7, 11) is 0. The Kier molecular flexibility index (Phi) is 3.80. The molecule has 1 aliphatic rings. The molecule has 5 nitrogen and oxygen atoms in total. The van der Waals surface area contributed by atoms with Gasteiger partial charge in [0, 0.05) is 12.1 Å². The van der Waals surface area contributed by atoms with Crippen LogP contribution in [-0.2, 0) is 16.1 Å². The van der Waals surface area contributed by atoms with Crippen LogP contribution in [0.3, 0.4) is 0 Å². The molecule has 2 heterocycles. The number of carbonyl (C=O) groups excluding carboxylic acids is 2. The van der Waals surface area contributed by atoms with Gasteiger partial charge in [-0.1, -0.05) is 6.07 Å². The number of amides is 2. The fraction of sp³-hybridized carbons (Fsp3) is 0.389. The Morgan fingerprint density at radius 2 is 1.70 bits per heavy atom. The third kappa shape index (κ3) is 2.91. The highest BCUT2D eigenvalue weighted by Crippen LogP contribution is 2.29. The van der Waals surface area contributed by atoms with Crippen LogP contribution in [-0.4, -0.2) is 21.6 Å². The van der Waals surface area contributed by atoms with Gasteiger partial charge in [-0.2, -0.15) is 5.10 Å². The molecular weight excluding hydrogens is 290 g/mol. The molecule has 1 fully saturated rings. The van der Waals surface area contributed by atoms with Gasteiger partial charge >= 0.3 is 0 Å². The smallest absolute Gasteiger partial charge is 0.239 e. The third-order valence-corrected chi connectivity index (χ3v) is 4.20. The molecule has 5 heteroatoms. The summed E-state index contributed by atoms with van der Waals surface area (Å²) in [5.74, 6) is -0.611. The molecule has 0 unspecified atom stereocenters. The molecule has 2 amide bonds. The normalized spacial score (nSPS) is 18.1. The number of rotatable bonds is 3. The van der Waals surface area contributed by atoms with Crippen LogP contribution < -0.4 is 4.90 Å². The minimum Gasteiger partial charge on any atom is -0.274 e. The largest absolute Gasteiger partial charge is 0.274 e. The van der Waals surface area contributed by atoms with Crippen molar-refractivity contribution in [1.82, 2.24) is 9.78 Å². The fourth-order valence-electron chi connectivity index (χ4n) is 3.26. The first kappa shape index (κ1) is 15.5. The van der Waals surface area contributed by atoms with Crippen molar-refractivity contribution in [2.45, 2.75) is 40.7 Å². The van der Waals surface area contributed by atoms with E-state index >= 15 is 0 Å². The molecule has 0 bridgehead atoms. The minimum atomic E-state index is -0.346. The molecule has 1 aliphatic heterocycles. The predicted octanol–water partition coefficient (Wildman–Crippen LogP) is 2.70. The molecule has 0 N–H and O–H groups in total. The zero-order chi connectivity index (χ0) is 16.7. The van der Waals surface area contributed by atoms with Crippen molar-refractivity contribution in [3.63, 3.8) is 0 Å². The van der Waals surface area contributed by atoms with Gasteiger partial charge in [0.05, 0.1) is 23.8 Å². The molecule has 0 saturated carbocycles. The Bertz CT molecular complexity index is 771. The Balaban J connectivity index is 1.86. The number of nitrogens with zero attached hydrogens (tertiary/aromatic N) is 3. The monoisotopic (exact) mass is 311 g/mol. The molecule has 1 saturated heterocycles. The van der Waals surface area contributed by atoms with E-state index in [1.165, 1.54) is 4.90 Å². The van der Waals surface area contributed by atoms with Gasteiger partial charge in [-0.15, -0.1) is 0 Å². The van der Waals surface area contributed by atoms with Crippen molar-refractivity contribution >= 4 is 17.5 Å². The van der Waals surface area contributed by atoms with Crippen molar-refractivity contribution in [3.05, 3.63) is 46.8 Å². The number of hydrogen-bond donors (Lipinski definition) is 0. The second-order valence-electron chi connectivity index (χ2n) is 6.42. The standard InChI is InChI=1S/C18H21N3O2/c1-11-5-12(2)7-16(6-11)21-17(22)9-15(18(21)23)10-20-14(4)8-13(3)19-20/h5-8,15H,9-10H2,1-4H3/t15-/m1/s1. The Morgan fingerprint density at radius 1 is 1.04 bits per heavy atom. The minimum absolute atomic E-state index is 0.132. The van der Waals surface area contributed by atoms with E-state index in [0.717, 1.165) is 22.5 Å². The number of aryl methyl sites for hydroxylation is 4. The summed E-state index contributed by atoms with van der Waals surface area (Å²) in [5.41, 5.74) is 4.69. The highest BCUT2D eigenvalue weighted by Gasteiger charge is 2.40. The number of benzene rings is 1. The average Bonchev–Trinajstić information content (AvgIpc) is 2.88. The molecule has 23 heavy (non-hydrogen) atoms. The number of hydrogen-bond acceptors (Lipinski definition) is 3. The van der Waals surface area contributed by atoms with Crippen LogP contribution in [0.5, 0.6) is 0 Å². The number of anilines is 1. The summed E-state index contributed by atoms with van der Waals surface area (Å²) in [6.45, 7) is 8.27. The van der Waals surface area contributed by atoms with Gasteiger partial charge in [0.15, 0.2) is 0 Å². The maximum Gasteiger partial charge on any atom is 0.239 e. The summed E-state index contributed by atoms with van der Waals surface area (Å²) >= 11 is 0. The summed E-state index contributed by atoms with van der Waals surface area (Å²) in [6, 6.07) is 7.77. The lowest BCUT2D eigenvalue weighted by Gasteiger charge is -2.17. The lowest BCUT2D eigenvalue weighted by Crippen LogP contribution is -2.31. The van der Waals surface area contributed by atoms with Crippen molar-refractivity contribution in [2.24, 2.45) is 5.92 Å². The molecule has 0 spiro atoms. The highest BCUT2D eigenvalue weighted by molar-refractivity contribution is 6.20. The zero-order valence-corrected chi connectivity index (χ0v) is 14.0. The zero-order valence-electron chi connectivity index (χ0n) is 14.0. The van der Waals surface area contributed by atoms with Gasteiger partial charge in [-0.25, -0.2) is 0 Å². The van der Waals surface area contributed by atoms with E-state index in [4.69, 9.17) is 0 Å². The first-order chi connectivity index (χ1) is 10.8. The molecule has 2 aromatic rings. The van der Waals surface area contributed by atoms with Crippen molar-refractivity contribution in [3.8, 4) is 0 Å². The van der Waals surface area contributed by atoms with Crippen LogP contribution in [0.25, 0.3) is 0 Å². The predicted molar refractivity (Wildman–Crippen MR) is 88.2 cm³/mol. The van der Waals surface area contributed by atoms with Gasteiger partial charge in [0.2, 0.25) is 11.8 Å². The van der Waals surface area contributed by atoms with Crippen molar-refractivity contribution < 1.29 is 9.59 Å². The van der Waals surface area contributed by atoms with Crippen LogP contribution in [0.4, 0.5) is 5.69 Å². The van der Waals surface area contributed by atoms with Gasteiger partial charge in [0.1, 0.15) is 0 Å². The Morgan fingerprint density at radius 3 is 2.26 bits per heavy atom. The second-order valence-corrected chi connectivity index (χ2v) is 6.42. The first-order valence-electron chi connectivity index (χ1n) is 7.81. The molecule has 1 aromatic carbocycles. The first-order valence-corrected chi connectivity index (χ1v) is 7.81. The van der Waals surface area contributed by atoms with Gasteiger partial charge in [-0.3, -0.25) is 19.2 Å². The summed E-state index contributed by atoms with van der Waals surface area (Å²) in [6.07, 6.45) is 0.240. The Hall–Kier alpha value is -2.43. The van der Waals surface area contributed by atoms with Crippen LogP contribution in [0.15, 0.2) is 24.3 Å². The number of aromatic nitrogens is 2.